The van der Waals surface area contributed by atoms with Gasteiger partial charge in [0.15, 0.2) is 21.2 Å². The molecule has 8 nitrogen and oxygen atoms in total. The minimum atomic E-state index is -4.19. The first-order valence-electron chi connectivity index (χ1n) is 4.16. The normalized spacial score (nSPS) is 11.5. The van der Waals surface area contributed by atoms with E-state index in [2.05, 4.69) is 5.32 Å². The van der Waals surface area contributed by atoms with Gasteiger partial charge >= 0.3 is 29.6 Å². The first-order chi connectivity index (χ1) is 7.76. The third-order valence-corrected chi connectivity index (χ3v) is 3.52. The molecule has 0 saturated heterocycles. The van der Waals surface area contributed by atoms with E-state index in [1.54, 1.807) is 0 Å². The van der Waals surface area contributed by atoms with Crippen molar-refractivity contribution in [3.05, 3.63) is 9.66 Å². The molecule has 0 atom stereocenters. The van der Waals surface area contributed by atoms with Gasteiger partial charge in [-0.05, 0) is 0 Å². The second-order valence-electron chi connectivity index (χ2n) is 2.75. The van der Waals surface area contributed by atoms with Gasteiger partial charge < -0.3 is 15.2 Å². The fraction of sp³-hybridized carbons (Fsp3) is 0.429. The monoisotopic (exact) mass is 401 g/mol. The van der Waals surface area contributed by atoms with Crippen LogP contribution in [-0.2, 0) is 22.8 Å². The molecule has 98 valence electrons. The second kappa shape index (κ2) is 9.97. The molecular weight excluding hydrogens is 392 g/mol. The number of carbonyl (C=O) groups is 2. The molecule has 18 heavy (non-hydrogen) atoms. The van der Waals surface area contributed by atoms with Gasteiger partial charge in [0.1, 0.15) is 3.58 Å². The number of carboxylic acid groups (broad SMARTS) is 1. The Morgan fingerprint density at radius 1 is 1.39 bits per heavy atom. The Morgan fingerprint density at radius 2 is 1.94 bits per heavy atom. The molecule has 0 fully saturated rings. The summed E-state index contributed by atoms with van der Waals surface area (Å²) in [6, 6.07) is 0. The zero-order chi connectivity index (χ0) is 13.5. The number of hydrogen-bond donors (Lipinski definition) is 2. The van der Waals surface area contributed by atoms with Crippen molar-refractivity contribution in [2.24, 2.45) is 0 Å². The molecule has 0 bridgehead atoms. The fourth-order valence-electron chi connectivity index (χ4n) is 0.710. The van der Waals surface area contributed by atoms with Crippen LogP contribution in [0.5, 0.6) is 0 Å². The summed E-state index contributed by atoms with van der Waals surface area (Å²) < 4.78 is 39.4. The first kappa shape index (κ1) is 20.4. The van der Waals surface area contributed by atoms with E-state index in [1.165, 1.54) is 0 Å². The number of carbonyl (C=O) groups excluding carboxylic acids is 2. The molecule has 0 saturated carbocycles. The minimum absolute atomic E-state index is 0. The van der Waals surface area contributed by atoms with Gasteiger partial charge in [-0.2, -0.15) is 8.42 Å². The Balaban J connectivity index is 0. The molecular formula is C7H9INNaO7S. The van der Waals surface area contributed by atoms with Crippen molar-refractivity contribution < 1.29 is 60.3 Å². The summed E-state index contributed by atoms with van der Waals surface area (Å²) in [6.07, 6.45) is 0.390. The summed E-state index contributed by atoms with van der Waals surface area (Å²) in [4.78, 5) is 21.3. The minimum Gasteiger partial charge on any atom is -0.550 e. The van der Waals surface area contributed by atoms with Crippen LogP contribution in [0.1, 0.15) is 6.42 Å². The summed E-state index contributed by atoms with van der Waals surface area (Å²) in [7, 11) is -4.19. The molecule has 0 aliphatic rings. The number of hydrogen-bond acceptors (Lipinski definition) is 6. The molecule has 0 aromatic heterocycles. The largest absolute Gasteiger partial charge is 1.00 e. The van der Waals surface area contributed by atoms with Crippen molar-refractivity contribution in [2.75, 3.05) is 12.3 Å². The summed E-state index contributed by atoms with van der Waals surface area (Å²) >= 11 is -1.88. The van der Waals surface area contributed by atoms with E-state index in [-0.39, 0.29) is 39.7 Å². The Morgan fingerprint density at radius 3 is 2.33 bits per heavy atom. The Hall–Kier alpha value is 0.120. The molecule has 0 heterocycles. The first-order valence-corrected chi connectivity index (χ1v) is 7.73. The van der Waals surface area contributed by atoms with Gasteiger partial charge in [-0.15, -0.1) is 0 Å². The van der Waals surface area contributed by atoms with E-state index in [4.69, 9.17) is 4.55 Å². The number of carboxylic acids is 1. The molecule has 0 aromatic rings. The van der Waals surface area contributed by atoms with Gasteiger partial charge in [0.05, 0.1) is 5.75 Å². The average molecular weight is 401 g/mol. The molecule has 1 amide bonds. The Bertz CT molecular complexity index is 447. The van der Waals surface area contributed by atoms with Gasteiger partial charge in [-0.3, -0.25) is 12.4 Å². The van der Waals surface area contributed by atoms with Crippen LogP contribution < -0.4 is 40.0 Å². The SMILES string of the molecule is O=IC(=CCC(=O)[O-])C(=O)NCCS(=O)(=O)O.[Na+]. The van der Waals surface area contributed by atoms with E-state index < -0.39 is 55.4 Å². The maximum Gasteiger partial charge on any atom is 1.00 e. The van der Waals surface area contributed by atoms with Crippen molar-refractivity contribution in [1.29, 1.82) is 0 Å². The number of halogens is 1. The fourth-order valence-corrected chi connectivity index (χ4v) is 1.86. The summed E-state index contributed by atoms with van der Waals surface area (Å²) in [6.45, 7) is -0.357. The van der Waals surface area contributed by atoms with Crippen molar-refractivity contribution >= 4 is 43.2 Å². The van der Waals surface area contributed by atoms with Crippen molar-refractivity contribution in [1.82, 2.24) is 5.32 Å². The maximum absolute atomic E-state index is 11.2. The Labute approximate surface area is 136 Å². The van der Waals surface area contributed by atoms with Gasteiger partial charge in [0.2, 0.25) is 0 Å². The smallest absolute Gasteiger partial charge is 0.550 e. The van der Waals surface area contributed by atoms with E-state index in [1.807, 2.05) is 0 Å². The van der Waals surface area contributed by atoms with E-state index >= 15 is 0 Å². The molecule has 0 rings (SSSR count). The summed E-state index contributed by atoms with van der Waals surface area (Å²) in [5.41, 5.74) is 0. The van der Waals surface area contributed by atoms with Crippen LogP contribution in [0.3, 0.4) is 0 Å². The van der Waals surface area contributed by atoms with Crippen LogP contribution in [0.25, 0.3) is 0 Å². The third-order valence-electron chi connectivity index (χ3n) is 1.39. The molecule has 0 spiro atoms. The molecule has 0 unspecified atom stereocenters. The quantitative estimate of drug-likeness (QED) is 0.189. The predicted octanol–water partition coefficient (Wildman–Crippen LogP) is -4.67. The Kier molecular flexibility index (Phi) is 11.3. The van der Waals surface area contributed by atoms with Crippen molar-refractivity contribution in [3.8, 4) is 0 Å². The molecule has 0 aliphatic heterocycles. The zero-order valence-electron chi connectivity index (χ0n) is 9.38. The molecule has 0 aliphatic carbocycles. The molecule has 0 aromatic carbocycles. The number of nitrogens with one attached hydrogen (secondary N) is 1. The van der Waals surface area contributed by atoms with Crippen LogP contribution >= 0.6 is 21.2 Å². The maximum atomic E-state index is 11.2. The number of rotatable bonds is 7. The average Bonchev–Trinajstić information content (AvgIpc) is 2.16. The predicted molar refractivity (Wildman–Crippen MR) is 61.8 cm³/mol. The summed E-state index contributed by atoms with van der Waals surface area (Å²) in [5.74, 6) is -2.92. The number of aliphatic carboxylic acids is 1. The zero-order valence-corrected chi connectivity index (χ0v) is 14.4. The second-order valence-corrected chi connectivity index (χ2v) is 5.92. The van der Waals surface area contributed by atoms with Gasteiger partial charge in [0, 0.05) is 18.9 Å². The van der Waals surface area contributed by atoms with Gasteiger partial charge in [-0.1, -0.05) is 6.08 Å². The van der Waals surface area contributed by atoms with Gasteiger partial charge in [-0.25, -0.2) is 0 Å². The molecule has 11 heteroatoms. The molecule has 0 radical (unpaired) electrons. The molecule has 2 N–H and O–H groups in total. The van der Waals surface area contributed by atoms with Crippen LogP contribution in [0.15, 0.2) is 9.66 Å². The van der Waals surface area contributed by atoms with Crippen LogP contribution in [-0.4, -0.2) is 37.1 Å². The van der Waals surface area contributed by atoms with Gasteiger partial charge in [0.25, 0.3) is 16.0 Å². The van der Waals surface area contributed by atoms with E-state index in [0.717, 1.165) is 6.08 Å². The van der Waals surface area contributed by atoms with E-state index in [0.29, 0.717) is 0 Å². The van der Waals surface area contributed by atoms with Crippen LogP contribution in [0.4, 0.5) is 0 Å². The third kappa shape index (κ3) is 11.2. The number of amides is 1. The van der Waals surface area contributed by atoms with E-state index in [9.17, 15) is 26.2 Å². The summed E-state index contributed by atoms with van der Waals surface area (Å²) in [5, 5.41) is 12.2. The topological polar surface area (TPSA) is 141 Å². The van der Waals surface area contributed by atoms with Crippen LogP contribution in [0, 0.1) is 0 Å². The standard InChI is InChI=1S/C7H10INO7S.Na/c10-6(11)2-1-5(8-13)7(12)9-3-4-17(14,15)16;/h1H,2-4H2,(H,9,12)(H,10,11)(H,14,15,16);/q;+1/p-1. The van der Waals surface area contributed by atoms with Crippen molar-refractivity contribution in [2.45, 2.75) is 6.42 Å². The van der Waals surface area contributed by atoms with Crippen LogP contribution in [0.2, 0.25) is 0 Å². The van der Waals surface area contributed by atoms with Crippen molar-refractivity contribution in [3.63, 3.8) is 0 Å².